The average molecular weight is 395 g/mol. The first-order valence-corrected chi connectivity index (χ1v) is 9.64. The Labute approximate surface area is 169 Å². The summed E-state index contributed by atoms with van der Waals surface area (Å²) >= 11 is 0. The predicted octanol–water partition coefficient (Wildman–Crippen LogP) is 1.94. The van der Waals surface area contributed by atoms with Crippen LogP contribution in [0.15, 0.2) is 36.4 Å². The summed E-state index contributed by atoms with van der Waals surface area (Å²) in [5, 5.41) is 19.4. The molecule has 29 heavy (non-hydrogen) atoms. The van der Waals surface area contributed by atoms with E-state index in [0.29, 0.717) is 32.3 Å². The molecule has 2 aromatic rings. The lowest BCUT2D eigenvalue weighted by Crippen LogP contribution is -2.56. The minimum atomic E-state index is -1.17. The largest absolute Gasteiger partial charge is 0.535 e. The molecular weight excluding hydrogens is 373 g/mol. The molecule has 0 bridgehead atoms. The molecular formula is C21H22BNO6. The monoisotopic (exact) mass is 395 g/mol. The van der Waals surface area contributed by atoms with E-state index in [2.05, 4.69) is 0 Å². The maximum Gasteiger partial charge on any atom is 0.522 e. The number of carbonyl (C=O) groups is 2. The lowest BCUT2D eigenvalue weighted by atomic mass is 9.78. The zero-order valence-corrected chi connectivity index (χ0v) is 16.1. The fourth-order valence-corrected chi connectivity index (χ4v) is 3.60. The van der Waals surface area contributed by atoms with Crippen molar-refractivity contribution < 1.29 is 29.1 Å². The van der Waals surface area contributed by atoms with Crippen LogP contribution in [0.25, 0.3) is 0 Å². The van der Waals surface area contributed by atoms with Crippen LogP contribution in [0.5, 0.6) is 11.5 Å². The van der Waals surface area contributed by atoms with Gasteiger partial charge in [-0.05, 0) is 36.9 Å². The van der Waals surface area contributed by atoms with Crippen LogP contribution in [0.2, 0.25) is 6.32 Å². The molecule has 2 heterocycles. The first-order chi connectivity index (χ1) is 13.9. The van der Waals surface area contributed by atoms with Crippen molar-refractivity contribution in [1.29, 1.82) is 0 Å². The van der Waals surface area contributed by atoms with Gasteiger partial charge in [-0.3, -0.25) is 4.79 Å². The van der Waals surface area contributed by atoms with Crippen molar-refractivity contribution in [3.05, 3.63) is 58.7 Å². The Morgan fingerprint density at radius 1 is 1.21 bits per heavy atom. The summed E-state index contributed by atoms with van der Waals surface area (Å²) in [7, 11) is -1.02. The van der Waals surface area contributed by atoms with Crippen LogP contribution in [0, 0.1) is 6.92 Å². The molecule has 0 aromatic heterocycles. The first-order valence-electron chi connectivity index (χ1n) is 9.64. The highest BCUT2D eigenvalue weighted by Crippen LogP contribution is 2.37. The van der Waals surface area contributed by atoms with Gasteiger partial charge in [0.05, 0.1) is 19.5 Å². The van der Waals surface area contributed by atoms with E-state index in [1.165, 1.54) is 0 Å². The van der Waals surface area contributed by atoms with Crippen LogP contribution in [0.1, 0.15) is 27.0 Å². The number of carboxylic acid groups (broad SMARTS) is 1. The van der Waals surface area contributed by atoms with Gasteiger partial charge in [-0.25, -0.2) is 4.79 Å². The van der Waals surface area contributed by atoms with E-state index < -0.39 is 13.1 Å². The van der Waals surface area contributed by atoms with Gasteiger partial charge >= 0.3 is 13.1 Å². The molecule has 150 valence electrons. The van der Waals surface area contributed by atoms with Gasteiger partial charge in [0.15, 0.2) is 0 Å². The highest BCUT2D eigenvalue weighted by Gasteiger charge is 2.35. The smallest absolute Gasteiger partial charge is 0.522 e. The van der Waals surface area contributed by atoms with Gasteiger partial charge in [0.2, 0.25) is 5.91 Å². The van der Waals surface area contributed by atoms with Crippen LogP contribution in [-0.4, -0.2) is 53.2 Å². The van der Waals surface area contributed by atoms with Crippen LogP contribution >= 0.6 is 0 Å². The molecule has 2 N–H and O–H groups in total. The lowest BCUT2D eigenvalue weighted by Gasteiger charge is -2.39. The number of ether oxygens (including phenoxy) is 1. The Balaban J connectivity index is 1.40. The van der Waals surface area contributed by atoms with Gasteiger partial charge in [-0.2, -0.15) is 0 Å². The van der Waals surface area contributed by atoms with Crippen LogP contribution in [-0.2, 0) is 17.6 Å². The number of benzene rings is 2. The topological polar surface area (TPSA) is 96.3 Å². The third kappa shape index (κ3) is 4.07. The highest BCUT2D eigenvalue weighted by molar-refractivity contribution is 6.44. The molecule has 1 amide bonds. The van der Waals surface area contributed by atoms with E-state index >= 15 is 0 Å². The molecule has 0 atom stereocenters. The van der Waals surface area contributed by atoms with Crippen molar-refractivity contribution in [2.24, 2.45) is 0 Å². The van der Waals surface area contributed by atoms with Gasteiger partial charge in [0.1, 0.15) is 23.2 Å². The normalized spacial score (nSPS) is 15.9. The Hall–Kier alpha value is -3.00. The second-order valence-corrected chi connectivity index (χ2v) is 7.54. The second kappa shape index (κ2) is 7.79. The summed E-state index contributed by atoms with van der Waals surface area (Å²) in [5.41, 5.74) is 2.77. The van der Waals surface area contributed by atoms with E-state index in [4.69, 9.17) is 9.39 Å². The number of hydrogen-bond acceptors (Lipinski definition) is 5. The summed E-state index contributed by atoms with van der Waals surface area (Å²) < 4.78 is 11.2. The first kappa shape index (κ1) is 19.3. The summed E-state index contributed by atoms with van der Waals surface area (Å²) in [6.07, 6.45) is 1.02. The molecule has 0 saturated carbocycles. The SMILES string of the molecule is Cc1ccc(CC(=O)N2CC(Oc3ccc4c(c3C(=O)O)OB(O)CC4)C2)cc1. The van der Waals surface area contributed by atoms with E-state index in [0.717, 1.165) is 16.7 Å². The molecule has 0 aliphatic carbocycles. The van der Waals surface area contributed by atoms with Gasteiger partial charge in [0, 0.05) is 0 Å². The summed E-state index contributed by atoms with van der Waals surface area (Å²) in [6, 6.07) is 11.2. The molecule has 2 aliphatic rings. The van der Waals surface area contributed by atoms with Gasteiger partial charge < -0.3 is 24.4 Å². The molecule has 1 fully saturated rings. The number of likely N-dealkylation sites (tertiary alicyclic amines) is 1. The standard InChI is InChI=1S/C21H22BNO6/c1-13-2-4-14(5-3-13)10-18(24)23-11-16(12-23)28-17-7-6-15-8-9-22(27)29-20(15)19(17)21(25)26/h2-7,16,27H,8-12H2,1H3,(H,25,26). The molecule has 0 radical (unpaired) electrons. The van der Waals surface area contributed by atoms with Crippen molar-refractivity contribution >= 4 is 19.0 Å². The van der Waals surface area contributed by atoms with Gasteiger partial charge in [-0.15, -0.1) is 0 Å². The van der Waals surface area contributed by atoms with Crippen molar-refractivity contribution in [2.45, 2.75) is 32.2 Å². The Morgan fingerprint density at radius 2 is 1.93 bits per heavy atom. The van der Waals surface area contributed by atoms with Gasteiger partial charge in [-0.1, -0.05) is 35.9 Å². The third-order valence-electron chi connectivity index (χ3n) is 5.30. The average Bonchev–Trinajstić information content (AvgIpc) is 2.65. The zero-order valence-electron chi connectivity index (χ0n) is 16.1. The highest BCUT2D eigenvalue weighted by atomic mass is 16.5. The van der Waals surface area contributed by atoms with E-state index in [9.17, 15) is 19.7 Å². The van der Waals surface area contributed by atoms with Crippen molar-refractivity contribution in [3.8, 4) is 11.5 Å². The van der Waals surface area contributed by atoms with Gasteiger partial charge in [0.25, 0.3) is 0 Å². The molecule has 0 spiro atoms. The molecule has 8 heteroatoms. The number of fused-ring (bicyclic) bond motifs is 1. The fourth-order valence-electron chi connectivity index (χ4n) is 3.60. The second-order valence-electron chi connectivity index (χ2n) is 7.54. The van der Waals surface area contributed by atoms with Crippen molar-refractivity contribution in [3.63, 3.8) is 0 Å². The summed E-state index contributed by atoms with van der Waals surface area (Å²) in [5.74, 6) is -0.789. The van der Waals surface area contributed by atoms with E-state index in [1.54, 1.807) is 17.0 Å². The molecule has 0 unspecified atom stereocenters. The lowest BCUT2D eigenvalue weighted by molar-refractivity contribution is -0.139. The van der Waals surface area contributed by atoms with E-state index in [1.807, 2.05) is 31.2 Å². The number of rotatable bonds is 5. The quantitative estimate of drug-likeness (QED) is 0.752. The number of hydrogen-bond donors (Lipinski definition) is 2. The van der Waals surface area contributed by atoms with E-state index in [-0.39, 0.29) is 29.1 Å². The minimum absolute atomic E-state index is 0.0176. The molecule has 1 saturated heterocycles. The zero-order chi connectivity index (χ0) is 20.5. The van der Waals surface area contributed by atoms with Crippen LogP contribution in [0.3, 0.4) is 0 Å². The predicted molar refractivity (Wildman–Crippen MR) is 106 cm³/mol. The Bertz CT molecular complexity index is 939. The van der Waals surface area contributed by atoms with Crippen LogP contribution in [0.4, 0.5) is 0 Å². The summed E-state index contributed by atoms with van der Waals surface area (Å²) in [4.78, 5) is 25.9. The molecule has 7 nitrogen and oxygen atoms in total. The minimum Gasteiger partial charge on any atom is -0.535 e. The maximum absolute atomic E-state index is 12.4. The Morgan fingerprint density at radius 3 is 2.62 bits per heavy atom. The summed E-state index contributed by atoms with van der Waals surface area (Å²) in [6.45, 7) is 2.81. The van der Waals surface area contributed by atoms with Crippen molar-refractivity contribution in [2.75, 3.05) is 13.1 Å². The van der Waals surface area contributed by atoms with Crippen LogP contribution < -0.4 is 9.39 Å². The van der Waals surface area contributed by atoms with Crippen molar-refractivity contribution in [1.82, 2.24) is 4.90 Å². The number of carbonyl (C=O) groups excluding carboxylic acids is 1. The molecule has 2 aliphatic heterocycles. The third-order valence-corrected chi connectivity index (χ3v) is 5.30. The fraction of sp³-hybridized carbons (Fsp3) is 0.333. The molecule has 4 rings (SSSR count). The number of nitrogens with zero attached hydrogens (tertiary/aromatic N) is 1. The number of aromatic carboxylic acids is 1. The maximum atomic E-state index is 12.4. The number of amides is 1. The molecule has 2 aromatic carbocycles. The number of carboxylic acids is 1. The number of aryl methyl sites for hydroxylation is 2. The Kier molecular flexibility index (Phi) is 5.19.